The number of halogens is 1. The average molecular weight is 438 g/mol. The fourth-order valence-corrected chi connectivity index (χ4v) is 5.18. The molecule has 3 rings (SSSR count). The van der Waals surface area contributed by atoms with Gasteiger partial charge in [0.15, 0.2) is 0 Å². The summed E-state index contributed by atoms with van der Waals surface area (Å²) in [5.41, 5.74) is 0.204. The number of nitro benzene ring substituents is 1. The van der Waals surface area contributed by atoms with Crippen LogP contribution in [0.3, 0.4) is 0 Å². The van der Waals surface area contributed by atoms with E-state index < -0.39 is 26.5 Å². The molecule has 29 heavy (non-hydrogen) atoms. The highest BCUT2D eigenvalue weighted by molar-refractivity contribution is 7.89. The van der Waals surface area contributed by atoms with Crippen molar-refractivity contribution in [1.29, 1.82) is 0 Å². The lowest BCUT2D eigenvalue weighted by molar-refractivity contribution is -0.385. The van der Waals surface area contributed by atoms with Crippen LogP contribution in [0.4, 0.5) is 11.4 Å². The fraction of sp³-hybridized carbons (Fsp3) is 0.316. The van der Waals surface area contributed by atoms with Crippen LogP contribution >= 0.6 is 11.6 Å². The molecule has 0 aromatic heterocycles. The van der Waals surface area contributed by atoms with Crippen LogP contribution in [0.2, 0.25) is 5.02 Å². The molecule has 1 N–H and O–H groups in total. The van der Waals surface area contributed by atoms with Crippen molar-refractivity contribution in [3.05, 3.63) is 62.7 Å². The first-order chi connectivity index (χ1) is 13.7. The second kappa shape index (κ2) is 8.48. The Balaban J connectivity index is 1.91. The van der Waals surface area contributed by atoms with Crippen LogP contribution < -0.4 is 5.32 Å². The largest absolute Gasteiger partial charge is 0.322 e. The average Bonchev–Trinajstić information content (AvgIpc) is 2.69. The number of carbonyl (C=O) groups excluding carboxylic acids is 1. The van der Waals surface area contributed by atoms with Crippen LogP contribution in [0, 0.1) is 17.0 Å². The van der Waals surface area contributed by atoms with Gasteiger partial charge in [-0.1, -0.05) is 24.1 Å². The molecule has 154 valence electrons. The van der Waals surface area contributed by atoms with E-state index in [-0.39, 0.29) is 21.2 Å². The topological polar surface area (TPSA) is 110 Å². The van der Waals surface area contributed by atoms with E-state index in [2.05, 4.69) is 5.32 Å². The van der Waals surface area contributed by atoms with Crippen molar-refractivity contribution in [2.75, 3.05) is 18.4 Å². The Bertz CT molecular complexity index is 1070. The highest BCUT2D eigenvalue weighted by Gasteiger charge is 2.28. The molecule has 0 unspecified atom stereocenters. The Morgan fingerprint density at radius 1 is 1.14 bits per heavy atom. The first-order valence-corrected chi connectivity index (χ1v) is 10.9. The van der Waals surface area contributed by atoms with Crippen molar-refractivity contribution in [1.82, 2.24) is 4.31 Å². The summed E-state index contributed by atoms with van der Waals surface area (Å²) < 4.78 is 27.5. The quantitative estimate of drug-likeness (QED) is 0.561. The summed E-state index contributed by atoms with van der Waals surface area (Å²) in [6.07, 6.45) is 2.63. The highest BCUT2D eigenvalue weighted by Crippen LogP contribution is 2.28. The van der Waals surface area contributed by atoms with Crippen LogP contribution in [-0.4, -0.2) is 36.6 Å². The molecule has 0 radical (unpaired) electrons. The molecule has 1 aliphatic rings. The number of nitro groups is 1. The van der Waals surface area contributed by atoms with E-state index in [0.717, 1.165) is 25.3 Å². The molecule has 2 aromatic rings. The Morgan fingerprint density at radius 3 is 2.48 bits per heavy atom. The van der Waals surface area contributed by atoms with Crippen molar-refractivity contribution < 1.29 is 18.1 Å². The third kappa shape index (κ3) is 4.58. The summed E-state index contributed by atoms with van der Waals surface area (Å²) in [5.74, 6) is -0.724. The Morgan fingerprint density at radius 2 is 1.83 bits per heavy atom. The Labute approximate surface area is 173 Å². The molecular formula is C19H20ClN3O5S. The predicted molar refractivity (Wildman–Crippen MR) is 110 cm³/mol. The normalized spacial score (nSPS) is 15.1. The number of nitrogens with one attached hydrogen (secondary N) is 1. The first-order valence-electron chi connectivity index (χ1n) is 9.06. The lowest BCUT2D eigenvalue weighted by atomic mass is 10.1. The van der Waals surface area contributed by atoms with Gasteiger partial charge in [0, 0.05) is 29.9 Å². The van der Waals surface area contributed by atoms with E-state index in [1.807, 2.05) is 0 Å². The van der Waals surface area contributed by atoms with E-state index in [1.54, 1.807) is 19.1 Å². The highest BCUT2D eigenvalue weighted by atomic mass is 35.5. The number of nitrogens with zero attached hydrogens (tertiary/aromatic N) is 2. The minimum Gasteiger partial charge on any atom is -0.322 e. The molecular weight excluding hydrogens is 418 g/mol. The zero-order valence-corrected chi connectivity index (χ0v) is 17.3. The number of anilines is 1. The van der Waals surface area contributed by atoms with Crippen molar-refractivity contribution in [3.8, 4) is 0 Å². The Kier molecular flexibility index (Phi) is 6.21. The van der Waals surface area contributed by atoms with Gasteiger partial charge in [-0.05, 0) is 49.6 Å². The van der Waals surface area contributed by atoms with Gasteiger partial charge in [-0.25, -0.2) is 8.42 Å². The standard InChI is InChI=1S/C19H20ClN3O5S/c1-13-5-7-15(12-18(13)29(27,28)22-9-3-2-4-10-22)21-19(24)16-8-6-14(20)11-17(16)23(25)26/h5-8,11-12H,2-4,9-10H2,1H3,(H,21,24). The van der Waals surface area contributed by atoms with Gasteiger partial charge in [0.2, 0.25) is 10.0 Å². The number of aryl methyl sites for hydroxylation is 1. The van der Waals surface area contributed by atoms with E-state index in [1.165, 1.54) is 22.5 Å². The third-order valence-corrected chi connectivity index (χ3v) is 7.06. The van der Waals surface area contributed by atoms with Gasteiger partial charge in [-0.2, -0.15) is 4.31 Å². The zero-order chi connectivity index (χ0) is 21.2. The first kappa shape index (κ1) is 21.2. The van der Waals surface area contributed by atoms with Crippen LogP contribution in [0.1, 0.15) is 35.2 Å². The molecule has 0 aliphatic carbocycles. The second-order valence-electron chi connectivity index (χ2n) is 6.82. The zero-order valence-electron chi connectivity index (χ0n) is 15.7. The van der Waals surface area contributed by atoms with Crippen molar-refractivity contribution in [2.24, 2.45) is 0 Å². The molecule has 1 fully saturated rings. The van der Waals surface area contributed by atoms with E-state index in [9.17, 15) is 23.3 Å². The second-order valence-corrected chi connectivity index (χ2v) is 9.16. The minimum atomic E-state index is -3.69. The van der Waals surface area contributed by atoms with Crippen LogP contribution in [0.5, 0.6) is 0 Å². The maximum Gasteiger partial charge on any atom is 0.283 e. The summed E-state index contributed by atoms with van der Waals surface area (Å²) in [7, 11) is -3.69. The summed E-state index contributed by atoms with van der Waals surface area (Å²) in [4.78, 5) is 23.2. The van der Waals surface area contributed by atoms with Gasteiger partial charge >= 0.3 is 0 Å². The van der Waals surface area contributed by atoms with E-state index >= 15 is 0 Å². The van der Waals surface area contributed by atoms with Gasteiger partial charge in [0.1, 0.15) is 5.56 Å². The summed E-state index contributed by atoms with van der Waals surface area (Å²) in [6.45, 7) is 2.62. The molecule has 1 aliphatic heterocycles. The molecule has 10 heteroatoms. The molecule has 1 amide bonds. The Hall–Kier alpha value is -2.49. The summed E-state index contributed by atoms with van der Waals surface area (Å²) in [5, 5.41) is 13.9. The molecule has 8 nitrogen and oxygen atoms in total. The minimum absolute atomic E-state index is 0.114. The number of piperidine rings is 1. The van der Waals surface area contributed by atoms with Gasteiger partial charge in [-0.3, -0.25) is 14.9 Å². The summed E-state index contributed by atoms with van der Waals surface area (Å²) >= 11 is 5.78. The number of benzene rings is 2. The van der Waals surface area contributed by atoms with E-state index in [4.69, 9.17) is 11.6 Å². The lowest BCUT2D eigenvalue weighted by Crippen LogP contribution is -2.36. The molecule has 2 aromatic carbocycles. The van der Waals surface area contributed by atoms with Crippen molar-refractivity contribution in [2.45, 2.75) is 31.1 Å². The van der Waals surface area contributed by atoms with Crippen molar-refractivity contribution in [3.63, 3.8) is 0 Å². The molecule has 1 saturated heterocycles. The van der Waals surface area contributed by atoms with Gasteiger partial charge in [-0.15, -0.1) is 0 Å². The van der Waals surface area contributed by atoms with Crippen LogP contribution in [-0.2, 0) is 10.0 Å². The van der Waals surface area contributed by atoms with Crippen LogP contribution in [0.25, 0.3) is 0 Å². The van der Waals surface area contributed by atoms with Crippen molar-refractivity contribution >= 4 is 38.9 Å². The number of amides is 1. The number of sulfonamides is 1. The monoisotopic (exact) mass is 437 g/mol. The number of hydrogen-bond donors (Lipinski definition) is 1. The SMILES string of the molecule is Cc1ccc(NC(=O)c2ccc(Cl)cc2[N+](=O)[O-])cc1S(=O)(=O)N1CCCCC1. The van der Waals surface area contributed by atoms with Gasteiger partial charge in [0.25, 0.3) is 11.6 Å². The van der Waals surface area contributed by atoms with Gasteiger partial charge in [0.05, 0.1) is 9.82 Å². The number of hydrogen-bond acceptors (Lipinski definition) is 5. The molecule has 0 bridgehead atoms. The lowest BCUT2D eigenvalue weighted by Gasteiger charge is -2.26. The maximum atomic E-state index is 13.0. The number of carbonyl (C=O) groups is 1. The number of rotatable bonds is 5. The van der Waals surface area contributed by atoms with Crippen LogP contribution in [0.15, 0.2) is 41.3 Å². The molecule has 0 spiro atoms. The fourth-order valence-electron chi connectivity index (χ4n) is 3.25. The summed E-state index contributed by atoms with van der Waals surface area (Å²) in [6, 6.07) is 8.28. The molecule has 1 heterocycles. The molecule has 0 saturated carbocycles. The molecule has 0 atom stereocenters. The smallest absolute Gasteiger partial charge is 0.283 e. The van der Waals surface area contributed by atoms with Gasteiger partial charge < -0.3 is 5.32 Å². The van der Waals surface area contributed by atoms with E-state index in [0.29, 0.717) is 18.7 Å². The third-order valence-electron chi connectivity index (χ3n) is 4.78. The maximum absolute atomic E-state index is 13.0. The predicted octanol–water partition coefficient (Wildman–Crippen LogP) is 3.98.